The molecule has 0 radical (unpaired) electrons. The number of nitrogens with zero attached hydrogens (tertiary/aromatic N) is 3. The van der Waals surface area contributed by atoms with Crippen LogP contribution >= 0.6 is 0 Å². The van der Waals surface area contributed by atoms with Gasteiger partial charge < -0.3 is 20.3 Å². The first kappa shape index (κ1) is 13.1. The average molecular weight is 265 g/mol. The molecule has 8 heteroatoms. The van der Waals surface area contributed by atoms with Crippen molar-refractivity contribution in [2.45, 2.75) is 19.0 Å². The molecule has 2 unspecified atom stereocenters. The molecule has 1 aliphatic rings. The van der Waals surface area contributed by atoms with Gasteiger partial charge in [0.15, 0.2) is 5.82 Å². The molecule has 0 bridgehead atoms. The number of carboxylic acids is 1. The highest BCUT2D eigenvalue weighted by Crippen LogP contribution is 2.17. The highest BCUT2D eigenvalue weighted by molar-refractivity contribution is 5.76. The quantitative estimate of drug-likeness (QED) is 0.644. The van der Waals surface area contributed by atoms with Gasteiger partial charge in [0, 0.05) is 7.05 Å². The van der Waals surface area contributed by atoms with Crippen molar-refractivity contribution in [2.75, 3.05) is 0 Å². The fourth-order valence-corrected chi connectivity index (χ4v) is 1.84. The van der Waals surface area contributed by atoms with E-state index in [0.717, 1.165) is 0 Å². The van der Waals surface area contributed by atoms with Gasteiger partial charge in [0.1, 0.15) is 6.33 Å². The fourth-order valence-electron chi connectivity index (χ4n) is 1.84. The van der Waals surface area contributed by atoms with Gasteiger partial charge in [-0.1, -0.05) is 12.2 Å². The van der Waals surface area contributed by atoms with Gasteiger partial charge in [-0.15, -0.1) is 10.2 Å². The molecule has 8 nitrogen and oxygen atoms in total. The topological polar surface area (TPSA) is 109 Å². The first-order chi connectivity index (χ1) is 9.06. The molecule has 1 aromatic rings. The van der Waals surface area contributed by atoms with Crippen LogP contribution in [0.5, 0.6) is 0 Å². The van der Waals surface area contributed by atoms with Gasteiger partial charge in [-0.25, -0.2) is 4.79 Å². The summed E-state index contributed by atoms with van der Waals surface area (Å²) >= 11 is 0. The Balaban J connectivity index is 1.75. The number of urea groups is 1. The van der Waals surface area contributed by atoms with Crippen molar-refractivity contribution < 1.29 is 14.7 Å². The van der Waals surface area contributed by atoms with E-state index in [0.29, 0.717) is 12.2 Å². The Labute approximate surface area is 109 Å². The fraction of sp³-hybridized carbons (Fsp3) is 0.455. The Morgan fingerprint density at radius 1 is 1.53 bits per heavy atom. The van der Waals surface area contributed by atoms with E-state index >= 15 is 0 Å². The Kier molecular flexibility index (Phi) is 3.79. The zero-order valence-corrected chi connectivity index (χ0v) is 10.4. The second-order valence-corrected chi connectivity index (χ2v) is 4.36. The molecule has 0 saturated carbocycles. The molecule has 19 heavy (non-hydrogen) atoms. The maximum absolute atomic E-state index is 11.6. The normalized spacial score (nSPS) is 21.3. The van der Waals surface area contributed by atoms with E-state index in [2.05, 4.69) is 20.8 Å². The molecular weight excluding hydrogens is 250 g/mol. The zero-order valence-electron chi connectivity index (χ0n) is 10.4. The molecule has 2 amide bonds. The van der Waals surface area contributed by atoms with Crippen molar-refractivity contribution in [1.29, 1.82) is 0 Å². The van der Waals surface area contributed by atoms with Crippen LogP contribution < -0.4 is 10.6 Å². The third-order valence-corrected chi connectivity index (χ3v) is 2.93. The standard InChI is InChI=1S/C11H15N5O3/c1-16-6-13-15-9(16)5-12-11(19)14-8-3-2-7(4-8)10(17)18/h2-3,6-8H,4-5H2,1H3,(H,17,18)(H2,12,14,19). The highest BCUT2D eigenvalue weighted by Gasteiger charge is 2.25. The van der Waals surface area contributed by atoms with Crippen LogP contribution in [0.2, 0.25) is 0 Å². The molecule has 0 aromatic carbocycles. The summed E-state index contributed by atoms with van der Waals surface area (Å²) < 4.78 is 1.70. The Hall–Kier alpha value is -2.38. The summed E-state index contributed by atoms with van der Waals surface area (Å²) in [6.07, 6.45) is 5.22. The van der Waals surface area contributed by atoms with Crippen LogP contribution in [-0.2, 0) is 18.4 Å². The van der Waals surface area contributed by atoms with Crippen molar-refractivity contribution in [1.82, 2.24) is 25.4 Å². The van der Waals surface area contributed by atoms with Crippen LogP contribution in [0.25, 0.3) is 0 Å². The van der Waals surface area contributed by atoms with Gasteiger partial charge in [-0.05, 0) is 6.42 Å². The SMILES string of the molecule is Cn1cnnc1CNC(=O)NC1C=CC(C(=O)O)C1. The van der Waals surface area contributed by atoms with Gasteiger partial charge in [0.05, 0.1) is 18.5 Å². The summed E-state index contributed by atoms with van der Waals surface area (Å²) in [5.74, 6) is -0.760. The number of aryl methyl sites for hydroxylation is 1. The summed E-state index contributed by atoms with van der Waals surface area (Å²) in [5, 5.41) is 21.7. The largest absolute Gasteiger partial charge is 0.481 e. The lowest BCUT2D eigenvalue weighted by Gasteiger charge is -2.12. The number of aromatic nitrogens is 3. The van der Waals surface area contributed by atoms with Crippen molar-refractivity contribution in [2.24, 2.45) is 13.0 Å². The summed E-state index contributed by atoms with van der Waals surface area (Å²) in [7, 11) is 1.78. The lowest BCUT2D eigenvalue weighted by atomic mass is 10.1. The van der Waals surface area contributed by atoms with E-state index in [1.165, 1.54) is 0 Å². The summed E-state index contributed by atoms with van der Waals surface area (Å²) in [6, 6.07) is -0.607. The molecule has 1 aliphatic carbocycles. The van der Waals surface area contributed by atoms with E-state index in [9.17, 15) is 9.59 Å². The lowest BCUT2D eigenvalue weighted by Crippen LogP contribution is -2.41. The molecule has 102 valence electrons. The molecule has 1 aromatic heterocycles. The number of carboxylic acid groups (broad SMARTS) is 1. The lowest BCUT2D eigenvalue weighted by molar-refractivity contribution is -0.140. The number of hydrogen-bond acceptors (Lipinski definition) is 4. The molecule has 2 rings (SSSR count). The molecule has 1 heterocycles. The molecule has 0 spiro atoms. The van der Waals surface area contributed by atoms with Crippen molar-refractivity contribution in [3.63, 3.8) is 0 Å². The van der Waals surface area contributed by atoms with E-state index in [1.807, 2.05) is 0 Å². The first-order valence-electron chi connectivity index (χ1n) is 5.84. The minimum absolute atomic E-state index is 0.249. The van der Waals surface area contributed by atoms with Crippen LogP contribution in [0.4, 0.5) is 4.79 Å². The predicted molar refractivity (Wildman–Crippen MR) is 65.0 cm³/mol. The van der Waals surface area contributed by atoms with Gasteiger partial charge >= 0.3 is 12.0 Å². The third kappa shape index (κ3) is 3.30. The number of rotatable bonds is 4. The van der Waals surface area contributed by atoms with E-state index in [-0.39, 0.29) is 18.6 Å². The number of carbonyl (C=O) groups excluding carboxylic acids is 1. The van der Waals surface area contributed by atoms with Crippen LogP contribution in [0.1, 0.15) is 12.2 Å². The van der Waals surface area contributed by atoms with Crippen LogP contribution in [0, 0.1) is 5.92 Å². The average Bonchev–Trinajstić information content (AvgIpc) is 2.96. The zero-order chi connectivity index (χ0) is 13.8. The van der Waals surface area contributed by atoms with E-state index < -0.39 is 11.9 Å². The molecular formula is C11H15N5O3. The second kappa shape index (κ2) is 5.51. The minimum Gasteiger partial charge on any atom is -0.481 e. The Morgan fingerprint density at radius 2 is 2.32 bits per heavy atom. The second-order valence-electron chi connectivity index (χ2n) is 4.36. The van der Waals surface area contributed by atoms with Gasteiger partial charge in [0.2, 0.25) is 0 Å². The molecule has 2 atom stereocenters. The summed E-state index contributed by atoms with van der Waals surface area (Å²) in [4.78, 5) is 22.4. The number of amides is 2. The van der Waals surface area contributed by atoms with E-state index in [4.69, 9.17) is 5.11 Å². The minimum atomic E-state index is -0.875. The third-order valence-electron chi connectivity index (χ3n) is 2.93. The summed E-state index contributed by atoms with van der Waals surface area (Å²) in [5.41, 5.74) is 0. The molecule has 3 N–H and O–H groups in total. The number of hydrogen-bond donors (Lipinski definition) is 3. The maximum atomic E-state index is 11.6. The number of nitrogens with one attached hydrogen (secondary N) is 2. The van der Waals surface area contributed by atoms with Gasteiger partial charge in [-0.2, -0.15) is 0 Å². The van der Waals surface area contributed by atoms with Crippen LogP contribution in [-0.4, -0.2) is 37.9 Å². The maximum Gasteiger partial charge on any atom is 0.315 e. The Morgan fingerprint density at radius 3 is 2.89 bits per heavy atom. The van der Waals surface area contributed by atoms with Crippen molar-refractivity contribution in [3.8, 4) is 0 Å². The smallest absolute Gasteiger partial charge is 0.315 e. The van der Waals surface area contributed by atoms with Crippen molar-refractivity contribution in [3.05, 3.63) is 24.3 Å². The monoisotopic (exact) mass is 265 g/mol. The first-order valence-corrected chi connectivity index (χ1v) is 5.84. The van der Waals surface area contributed by atoms with Gasteiger partial charge in [-0.3, -0.25) is 4.79 Å². The van der Waals surface area contributed by atoms with Crippen LogP contribution in [0.3, 0.4) is 0 Å². The van der Waals surface area contributed by atoms with Crippen molar-refractivity contribution >= 4 is 12.0 Å². The number of carbonyl (C=O) groups is 2. The van der Waals surface area contributed by atoms with Crippen LogP contribution in [0.15, 0.2) is 18.5 Å². The molecule has 0 fully saturated rings. The van der Waals surface area contributed by atoms with E-state index in [1.54, 1.807) is 30.1 Å². The van der Waals surface area contributed by atoms with Gasteiger partial charge in [0.25, 0.3) is 0 Å². The number of aliphatic carboxylic acids is 1. The molecule has 0 saturated heterocycles. The highest BCUT2D eigenvalue weighted by atomic mass is 16.4. The molecule has 0 aliphatic heterocycles. The summed E-state index contributed by atoms with van der Waals surface area (Å²) in [6.45, 7) is 0.265. The Bertz CT molecular complexity index is 510. The predicted octanol–water partition coefficient (Wildman–Crippen LogP) is -0.356.